The van der Waals surface area contributed by atoms with E-state index in [-0.39, 0.29) is 0 Å². The summed E-state index contributed by atoms with van der Waals surface area (Å²) in [5.41, 5.74) is 0. The van der Waals surface area contributed by atoms with Gasteiger partial charge < -0.3 is 4.74 Å². The Bertz CT molecular complexity index is 460. The van der Waals surface area contributed by atoms with Crippen molar-refractivity contribution in [2.24, 2.45) is 0 Å². The van der Waals surface area contributed by atoms with Crippen LogP contribution < -0.4 is 4.74 Å². The van der Waals surface area contributed by atoms with Gasteiger partial charge in [-0.2, -0.15) is 0 Å². The average Bonchev–Trinajstić information content (AvgIpc) is 2.56. The van der Waals surface area contributed by atoms with Crippen LogP contribution in [0.4, 0.5) is 0 Å². The Morgan fingerprint density at radius 1 is 1.29 bits per heavy atom. The Morgan fingerprint density at radius 2 is 2.07 bits per heavy atom. The molecule has 0 radical (unpaired) electrons. The fourth-order valence-corrected chi connectivity index (χ4v) is 3.31. The maximum absolute atomic E-state index is 5.27. The number of fused-ring (bicyclic) bond motifs is 1. The quantitative estimate of drug-likeness (QED) is 0.715. The molecule has 0 bridgehead atoms. The normalized spacial score (nSPS) is 10.8. The molecule has 1 aromatic carbocycles. The molecular weight excluding hydrogens is 212 g/mol. The molecule has 0 aliphatic rings. The van der Waals surface area contributed by atoms with Crippen LogP contribution >= 0.6 is 23.1 Å². The van der Waals surface area contributed by atoms with Gasteiger partial charge in [0.15, 0.2) is 0 Å². The topological polar surface area (TPSA) is 9.23 Å². The van der Waals surface area contributed by atoms with Crippen LogP contribution in [0.15, 0.2) is 23.1 Å². The molecule has 1 aromatic heterocycles. The molecule has 0 atom stereocenters. The molecular formula is C11H12OS2. The monoisotopic (exact) mass is 224 g/mol. The van der Waals surface area contributed by atoms with Gasteiger partial charge in [-0.3, -0.25) is 0 Å². The lowest BCUT2D eigenvalue weighted by Gasteiger charge is -2.03. The van der Waals surface area contributed by atoms with Crippen molar-refractivity contribution in [3.8, 4) is 5.75 Å². The fourth-order valence-electron chi connectivity index (χ4n) is 1.49. The Labute approximate surface area is 92.1 Å². The van der Waals surface area contributed by atoms with Crippen LogP contribution in [0, 0.1) is 6.92 Å². The highest BCUT2D eigenvalue weighted by Gasteiger charge is 2.06. The lowest BCUT2D eigenvalue weighted by atomic mass is 10.2. The highest BCUT2D eigenvalue weighted by molar-refractivity contribution is 7.99. The predicted molar refractivity (Wildman–Crippen MR) is 64.9 cm³/mol. The Balaban J connectivity index is 2.72. The minimum atomic E-state index is 0.944. The summed E-state index contributed by atoms with van der Waals surface area (Å²) in [5, 5.41) is 1.29. The van der Waals surface area contributed by atoms with Gasteiger partial charge >= 0.3 is 0 Å². The van der Waals surface area contributed by atoms with Crippen molar-refractivity contribution in [1.82, 2.24) is 0 Å². The summed E-state index contributed by atoms with van der Waals surface area (Å²) in [7, 11) is 1.71. The van der Waals surface area contributed by atoms with Crippen LogP contribution in [0.3, 0.4) is 0 Å². The molecule has 0 saturated heterocycles. The zero-order valence-corrected chi connectivity index (χ0v) is 10.1. The van der Waals surface area contributed by atoms with Gasteiger partial charge in [-0.15, -0.1) is 23.1 Å². The van der Waals surface area contributed by atoms with Gasteiger partial charge in [-0.25, -0.2) is 0 Å². The van der Waals surface area contributed by atoms with Crippen molar-refractivity contribution in [3.63, 3.8) is 0 Å². The minimum Gasteiger partial charge on any atom is -0.497 e. The summed E-state index contributed by atoms with van der Waals surface area (Å²) in [4.78, 5) is 2.65. The number of hydrogen-bond acceptors (Lipinski definition) is 3. The van der Waals surface area contributed by atoms with Crippen LogP contribution in [-0.2, 0) is 0 Å². The summed E-state index contributed by atoms with van der Waals surface area (Å²) in [6.45, 7) is 2.14. The summed E-state index contributed by atoms with van der Waals surface area (Å²) >= 11 is 3.62. The molecule has 1 nitrogen and oxygen atoms in total. The Morgan fingerprint density at radius 3 is 2.71 bits per heavy atom. The van der Waals surface area contributed by atoms with Crippen molar-refractivity contribution in [1.29, 1.82) is 0 Å². The van der Waals surface area contributed by atoms with Gasteiger partial charge in [0.1, 0.15) is 5.75 Å². The fraction of sp³-hybridized carbons (Fsp3) is 0.273. The molecule has 0 amide bonds. The van der Waals surface area contributed by atoms with Crippen molar-refractivity contribution < 1.29 is 4.74 Å². The first-order valence-electron chi connectivity index (χ1n) is 4.37. The molecule has 14 heavy (non-hydrogen) atoms. The summed E-state index contributed by atoms with van der Waals surface area (Å²) in [6, 6.07) is 6.41. The molecule has 0 aliphatic carbocycles. The van der Waals surface area contributed by atoms with Crippen LogP contribution in [0.25, 0.3) is 10.1 Å². The third kappa shape index (κ3) is 1.62. The number of aryl methyl sites for hydroxylation is 1. The van der Waals surface area contributed by atoms with Crippen molar-refractivity contribution in [2.45, 2.75) is 11.8 Å². The number of thioether (sulfide) groups is 1. The van der Waals surface area contributed by atoms with Gasteiger partial charge in [0.25, 0.3) is 0 Å². The molecule has 0 saturated carbocycles. The summed E-state index contributed by atoms with van der Waals surface area (Å²) in [5.74, 6) is 0.944. The molecule has 0 fully saturated rings. The molecule has 74 valence electrons. The zero-order chi connectivity index (χ0) is 10.1. The van der Waals surface area contributed by atoms with Gasteiger partial charge in [-0.1, -0.05) is 0 Å². The second-order valence-electron chi connectivity index (χ2n) is 3.11. The molecule has 3 heteroatoms. The van der Waals surface area contributed by atoms with E-state index in [1.807, 2.05) is 11.3 Å². The van der Waals surface area contributed by atoms with E-state index < -0.39 is 0 Å². The first kappa shape index (κ1) is 9.87. The molecule has 0 spiro atoms. The maximum atomic E-state index is 5.27. The highest BCUT2D eigenvalue weighted by atomic mass is 32.2. The standard InChI is InChI=1S/C11H12OS2/c1-7-4-8-5-9(12-2)6-10(13-3)11(8)14-7/h4-6H,1-3H3. The molecule has 1 heterocycles. The first-order valence-corrected chi connectivity index (χ1v) is 6.41. The third-order valence-corrected chi connectivity index (χ3v) is 4.13. The Hall–Kier alpha value is -0.670. The molecule has 0 aliphatic heterocycles. The second-order valence-corrected chi connectivity index (χ2v) is 5.21. The minimum absolute atomic E-state index is 0.944. The van der Waals surface area contributed by atoms with E-state index in [4.69, 9.17) is 4.74 Å². The van der Waals surface area contributed by atoms with Gasteiger partial charge in [0.05, 0.1) is 7.11 Å². The second kappa shape index (κ2) is 3.83. The summed E-state index contributed by atoms with van der Waals surface area (Å²) in [6.07, 6.45) is 2.10. The van der Waals surface area contributed by atoms with E-state index in [9.17, 15) is 0 Å². The number of benzene rings is 1. The lowest BCUT2D eigenvalue weighted by Crippen LogP contribution is -1.82. The van der Waals surface area contributed by atoms with E-state index >= 15 is 0 Å². The van der Waals surface area contributed by atoms with Crippen LogP contribution in [0.2, 0.25) is 0 Å². The molecule has 2 aromatic rings. The number of ether oxygens (including phenoxy) is 1. The summed E-state index contributed by atoms with van der Waals surface area (Å²) < 4.78 is 6.64. The van der Waals surface area contributed by atoms with Crippen molar-refractivity contribution in [2.75, 3.05) is 13.4 Å². The first-order chi connectivity index (χ1) is 6.74. The van der Waals surface area contributed by atoms with Crippen LogP contribution in [-0.4, -0.2) is 13.4 Å². The molecule has 0 N–H and O–H groups in total. The van der Waals surface area contributed by atoms with E-state index in [0.29, 0.717) is 0 Å². The largest absolute Gasteiger partial charge is 0.497 e. The van der Waals surface area contributed by atoms with E-state index in [2.05, 4.69) is 31.4 Å². The van der Waals surface area contributed by atoms with Gasteiger partial charge in [0.2, 0.25) is 0 Å². The van der Waals surface area contributed by atoms with Crippen molar-refractivity contribution in [3.05, 3.63) is 23.1 Å². The predicted octanol–water partition coefficient (Wildman–Crippen LogP) is 3.94. The molecule has 0 unspecified atom stereocenters. The van der Waals surface area contributed by atoms with Crippen molar-refractivity contribution >= 4 is 33.2 Å². The van der Waals surface area contributed by atoms with E-state index in [1.54, 1.807) is 18.9 Å². The highest BCUT2D eigenvalue weighted by Crippen LogP contribution is 2.36. The van der Waals surface area contributed by atoms with Crippen LogP contribution in [0.1, 0.15) is 4.88 Å². The van der Waals surface area contributed by atoms with Gasteiger partial charge in [0, 0.05) is 14.5 Å². The number of hydrogen-bond donors (Lipinski definition) is 0. The Kier molecular flexibility index (Phi) is 2.70. The average molecular weight is 224 g/mol. The van der Waals surface area contributed by atoms with Gasteiger partial charge in [-0.05, 0) is 36.8 Å². The lowest BCUT2D eigenvalue weighted by molar-refractivity contribution is 0.414. The number of thiophene rings is 1. The van der Waals surface area contributed by atoms with E-state index in [1.165, 1.54) is 19.9 Å². The maximum Gasteiger partial charge on any atom is 0.120 e. The zero-order valence-electron chi connectivity index (χ0n) is 8.46. The smallest absolute Gasteiger partial charge is 0.120 e. The SMILES string of the molecule is COc1cc(SC)c2sc(C)cc2c1. The number of rotatable bonds is 2. The van der Waals surface area contributed by atoms with Crippen LogP contribution in [0.5, 0.6) is 5.75 Å². The van der Waals surface area contributed by atoms with E-state index in [0.717, 1.165) is 5.75 Å². The molecule has 2 rings (SSSR count). The number of methoxy groups -OCH3 is 1. The third-order valence-electron chi connectivity index (χ3n) is 2.13.